The van der Waals surface area contributed by atoms with E-state index in [4.69, 9.17) is 11.6 Å². The number of barbiturate groups is 1. The number of imide groups is 2. The molecular weight excluding hydrogens is 348 g/mol. The van der Waals surface area contributed by atoms with Gasteiger partial charge in [-0.1, -0.05) is 35.5 Å². The van der Waals surface area contributed by atoms with E-state index in [2.05, 4.69) is 0 Å². The smallest absolute Gasteiger partial charge is 0.273 e. The van der Waals surface area contributed by atoms with Crippen molar-refractivity contribution in [1.82, 2.24) is 10.6 Å². The monoisotopic (exact) mass is 358 g/mol. The second kappa shape index (κ2) is 6.90. The normalized spacial score (nSPS) is 14.2. The molecule has 24 heavy (non-hydrogen) atoms. The number of rotatable bonds is 3. The molecule has 0 atom stereocenters. The minimum Gasteiger partial charge on any atom is -0.273 e. The zero-order chi connectivity index (χ0) is 17.1. The molecule has 2 aromatic rings. The number of amides is 4. The lowest BCUT2D eigenvalue weighted by Gasteiger charge is -2.13. The summed E-state index contributed by atoms with van der Waals surface area (Å²) in [5, 5.41) is 4.76. The van der Waals surface area contributed by atoms with Gasteiger partial charge in [0.1, 0.15) is 5.57 Å². The predicted octanol–water partition coefficient (Wildman–Crippen LogP) is 3.24. The van der Waals surface area contributed by atoms with E-state index in [9.17, 15) is 14.4 Å². The second-order valence-corrected chi connectivity index (χ2v) is 6.50. The molecule has 1 heterocycles. The maximum atomic E-state index is 11.7. The first kappa shape index (κ1) is 16.3. The number of urea groups is 1. The average molecular weight is 359 g/mol. The molecule has 1 aliphatic rings. The molecule has 0 spiro atoms. The zero-order valence-corrected chi connectivity index (χ0v) is 13.8. The van der Waals surface area contributed by atoms with E-state index in [1.165, 1.54) is 6.08 Å². The van der Waals surface area contributed by atoms with E-state index in [0.717, 1.165) is 9.79 Å². The summed E-state index contributed by atoms with van der Waals surface area (Å²) >= 11 is 7.43. The van der Waals surface area contributed by atoms with Crippen LogP contribution >= 0.6 is 23.4 Å². The van der Waals surface area contributed by atoms with Gasteiger partial charge in [-0.05, 0) is 48.0 Å². The number of benzene rings is 2. The fraction of sp³-hybridized carbons (Fsp3) is 0. The number of hydrogen-bond donors (Lipinski definition) is 2. The zero-order valence-electron chi connectivity index (χ0n) is 12.2. The molecular formula is C17H11ClN2O3S. The van der Waals surface area contributed by atoms with Crippen molar-refractivity contribution in [3.63, 3.8) is 0 Å². The molecule has 1 fully saturated rings. The van der Waals surface area contributed by atoms with E-state index in [1.807, 2.05) is 47.0 Å². The Morgan fingerprint density at radius 1 is 0.792 bits per heavy atom. The number of halogens is 1. The standard InChI is InChI=1S/C17H11ClN2O3S/c18-11-3-7-13(8-4-11)24-12-5-1-10(2-6-12)9-14-15(21)19-17(23)20-16(14)22/h1-9H,(H2,19,20,21,22,23). The molecule has 0 saturated carbocycles. The number of carbonyl (C=O) groups is 3. The van der Waals surface area contributed by atoms with Gasteiger partial charge in [-0.3, -0.25) is 20.2 Å². The summed E-state index contributed by atoms with van der Waals surface area (Å²) in [6, 6.07) is 14.0. The van der Waals surface area contributed by atoms with Gasteiger partial charge in [0.2, 0.25) is 0 Å². The molecule has 0 aromatic heterocycles. The molecule has 1 aliphatic heterocycles. The van der Waals surface area contributed by atoms with Crippen LogP contribution in [0.15, 0.2) is 63.9 Å². The van der Waals surface area contributed by atoms with Gasteiger partial charge in [-0.25, -0.2) is 4.79 Å². The van der Waals surface area contributed by atoms with Crippen LogP contribution in [0.4, 0.5) is 4.79 Å². The first-order chi connectivity index (χ1) is 11.5. The molecule has 5 nitrogen and oxygen atoms in total. The van der Waals surface area contributed by atoms with Crippen LogP contribution in [-0.4, -0.2) is 17.8 Å². The van der Waals surface area contributed by atoms with Gasteiger partial charge in [0.05, 0.1) is 0 Å². The Morgan fingerprint density at radius 2 is 1.29 bits per heavy atom. The van der Waals surface area contributed by atoms with Gasteiger partial charge in [0.15, 0.2) is 0 Å². The fourth-order valence-corrected chi connectivity index (χ4v) is 2.99. The van der Waals surface area contributed by atoms with Crippen LogP contribution in [0.2, 0.25) is 5.02 Å². The van der Waals surface area contributed by atoms with Crippen LogP contribution in [0.25, 0.3) is 6.08 Å². The Labute approximate surface area is 147 Å². The van der Waals surface area contributed by atoms with Crippen molar-refractivity contribution in [2.24, 2.45) is 0 Å². The molecule has 3 rings (SSSR count). The van der Waals surface area contributed by atoms with Crippen molar-refractivity contribution < 1.29 is 14.4 Å². The lowest BCUT2D eigenvalue weighted by Crippen LogP contribution is -2.51. The Bertz CT molecular complexity index is 823. The van der Waals surface area contributed by atoms with E-state index in [-0.39, 0.29) is 5.57 Å². The first-order valence-corrected chi connectivity index (χ1v) is 8.12. The van der Waals surface area contributed by atoms with Gasteiger partial charge >= 0.3 is 6.03 Å². The Kier molecular flexibility index (Phi) is 4.69. The second-order valence-electron chi connectivity index (χ2n) is 4.92. The van der Waals surface area contributed by atoms with E-state index >= 15 is 0 Å². The van der Waals surface area contributed by atoms with Crippen molar-refractivity contribution in [3.8, 4) is 0 Å². The van der Waals surface area contributed by atoms with Crippen LogP contribution in [0.3, 0.4) is 0 Å². The molecule has 2 aromatic carbocycles. The number of carbonyl (C=O) groups excluding carboxylic acids is 3. The maximum absolute atomic E-state index is 11.7. The van der Waals surface area contributed by atoms with Crippen LogP contribution in [0, 0.1) is 0 Å². The van der Waals surface area contributed by atoms with Crippen molar-refractivity contribution in [2.75, 3.05) is 0 Å². The molecule has 0 radical (unpaired) electrons. The molecule has 7 heteroatoms. The minimum absolute atomic E-state index is 0.104. The Hall–Kier alpha value is -2.57. The lowest BCUT2D eigenvalue weighted by molar-refractivity contribution is -0.123. The van der Waals surface area contributed by atoms with Gasteiger partial charge in [-0.2, -0.15) is 0 Å². The van der Waals surface area contributed by atoms with Crippen LogP contribution < -0.4 is 10.6 Å². The molecule has 0 aliphatic carbocycles. The molecule has 4 amide bonds. The number of hydrogen-bond acceptors (Lipinski definition) is 4. The third-order valence-electron chi connectivity index (χ3n) is 3.18. The highest BCUT2D eigenvalue weighted by Gasteiger charge is 2.27. The summed E-state index contributed by atoms with van der Waals surface area (Å²) in [4.78, 5) is 36.4. The van der Waals surface area contributed by atoms with E-state index in [0.29, 0.717) is 10.6 Å². The van der Waals surface area contributed by atoms with Gasteiger partial charge in [0.25, 0.3) is 11.8 Å². The van der Waals surface area contributed by atoms with E-state index in [1.54, 1.807) is 23.9 Å². The van der Waals surface area contributed by atoms with Crippen LogP contribution in [-0.2, 0) is 9.59 Å². The molecule has 2 N–H and O–H groups in total. The summed E-state index contributed by atoms with van der Waals surface area (Å²) in [7, 11) is 0. The summed E-state index contributed by atoms with van der Waals surface area (Å²) in [5.41, 5.74) is 0.581. The SMILES string of the molecule is O=C1NC(=O)C(=Cc2ccc(Sc3ccc(Cl)cc3)cc2)C(=O)N1. The summed E-state index contributed by atoms with van der Waals surface area (Å²) in [5.74, 6) is -1.41. The summed E-state index contributed by atoms with van der Waals surface area (Å²) in [6.07, 6.45) is 1.44. The van der Waals surface area contributed by atoms with Crippen molar-refractivity contribution in [2.45, 2.75) is 9.79 Å². The van der Waals surface area contributed by atoms with Gasteiger partial charge in [0, 0.05) is 14.8 Å². The lowest BCUT2D eigenvalue weighted by atomic mass is 10.1. The highest BCUT2D eigenvalue weighted by molar-refractivity contribution is 7.99. The van der Waals surface area contributed by atoms with E-state index < -0.39 is 17.8 Å². The number of nitrogens with one attached hydrogen (secondary N) is 2. The van der Waals surface area contributed by atoms with Crippen molar-refractivity contribution >= 4 is 47.3 Å². The fourth-order valence-electron chi connectivity index (χ4n) is 2.04. The molecule has 0 bridgehead atoms. The Balaban J connectivity index is 1.76. The molecule has 1 saturated heterocycles. The predicted molar refractivity (Wildman–Crippen MR) is 91.7 cm³/mol. The largest absolute Gasteiger partial charge is 0.328 e. The third kappa shape index (κ3) is 3.84. The topological polar surface area (TPSA) is 75.3 Å². The Morgan fingerprint density at radius 3 is 1.83 bits per heavy atom. The highest BCUT2D eigenvalue weighted by atomic mass is 35.5. The first-order valence-electron chi connectivity index (χ1n) is 6.93. The summed E-state index contributed by atoms with van der Waals surface area (Å²) in [6.45, 7) is 0. The van der Waals surface area contributed by atoms with Gasteiger partial charge in [-0.15, -0.1) is 0 Å². The molecule has 120 valence electrons. The summed E-state index contributed by atoms with van der Waals surface area (Å²) < 4.78 is 0. The highest BCUT2D eigenvalue weighted by Crippen LogP contribution is 2.29. The maximum Gasteiger partial charge on any atom is 0.328 e. The minimum atomic E-state index is -0.808. The van der Waals surface area contributed by atoms with Crippen LogP contribution in [0.1, 0.15) is 5.56 Å². The van der Waals surface area contributed by atoms with Crippen LogP contribution in [0.5, 0.6) is 0 Å². The van der Waals surface area contributed by atoms with Gasteiger partial charge < -0.3 is 0 Å². The third-order valence-corrected chi connectivity index (χ3v) is 4.45. The van der Waals surface area contributed by atoms with Crippen molar-refractivity contribution in [1.29, 1.82) is 0 Å². The quantitative estimate of drug-likeness (QED) is 0.652. The van der Waals surface area contributed by atoms with Crippen molar-refractivity contribution in [3.05, 3.63) is 64.7 Å². The average Bonchev–Trinajstić information content (AvgIpc) is 2.54. The molecule has 0 unspecified atom stereocenters.